The summed E-state index contributed by atoms with van der Waals surface area (Å²) >= 11 is 0. The van der Waals surface area contributed by atoms with Gasteiger partial charge in [0.2, 0.25) is 0 Å². The summed E-state index contributed by atoms with van der Waals surface area (Å²) in [5.41, 5.74) is 3.07. The molecule has 0 radical (unpaired) electrons. The summed E-state index contributed by atoms with van der Waals surface area (Å²) in [7, 11) is 0. The normalized spacial score (nSPS) is 24.7. The lowest BCUT2D eigenvalue weighted by molar-refractivity contribution is 0.0656. The van der Waals surface area contributed by atoms with Crippen LogP contribution in [-0.2, 0) is 0 Å². The zero-order valence-corrected chi connectivity index (χ0v) is 19.3. The van der Waals surface area contributed by atoms with E-state index in [1.165, 1.54) is 32.4 Å². The van der Waals surface area contributed by atoms with Gasteiger partial charge in [-0.25, -0.2) is 0 Å². The molecule has 0 bridgehead atoms. The van der Waals surface area contributed by atoms with Gasteiger partial charge in [0.15, 0.2) is 0 Å². The average Bonchev–Trinajstić information content (AvgIpc) is 3.52. The Morgan fingerprint density at radius 2 is 1.41 bits per heavy atom. The van der Waals surface area contributed by atoms with E-state index in [0.29, 0.717) is 6.10 Å². The molecule has 5 rings (SSSR count). The maximum atomic E-state index is 12.5. The fourth-order valence-corrected chi connectivity index (χ4v) is 5.82. The van der Waals surface area contributed by atoms with Crippen molar-refractivity contribution in [1.29, 1.82) is 0 Å². The van der Waals surface area contributed by atoms with E-state index in [9.17, 15) is 4.79 Å². The Balaban J connectivity index is 1.15. The van der Waals surface area contributed by atoms with Crippen LogP contribution < -0.4 is 4.74 Å². The van der Waals surface area contributed by atoms with E-state index in [1.54, 1.807) is 0 Å². The van der Waals surface area contributed by atoms with Crippen LogP contribution in [0, 0.1) is 5.92 Å². The number of hydrogen-bond donors (Lipinski definition) is 0. The van der Waals surface area contributed by atoms with E-state index in [4.69, 9.17) is 4.74 Å². The van der Waals surface area contributed by atoms with Crippen molar-refractivity contribution in [2.24, 2.45) is 5.92 Å². The summed E-state index contributed by atoms with van der Waals surface area (Å²) in [5.74, 6) is 1.97. The summed E-state index contributed by atoms with van der Waals surface area (Å²) in [6.07, 6.45) is 8.98. The summed E-state index contributed by atoms with van der Waals surface area (Å²) in [6, 6.07) is 17.3. The molecule has 0 N–H and O–H groups in total. The molecule has 1 saturated carbocycles. The van der Waals surface area contributed by atoms with Gasteiger partial charge in [0.05, 0.1) is 0 Å². The zero-order chi connectivity index (χ0) is 21.9. The minimum absolute atomic E-state index is 0.159. The number of rotatable bonds is 5. The van der Waals surface area contributed by atoms with Crippen LogP contribution in [0.4, 0.5) is 0 Å². The third kappa shape index (κ3) is 4.71. The number of amides is 1. The van der Waals surface area contributed by atoms with Gasteiger partial charge >= 0.3 is 0 Å². The highest BCUT2D eigenvalue weighted by Crippen LogP contribution is 2.32. The van der Waals surface area contributed by atoms with Crippen LogP contribution in [0.25, 0.3) is 11.1 Å². The molecule has 32 heavy (non-hydrogen) atoms. The maximum Gasteiger partial charge on any atom is 0.253 e. The Morgan fingerprint density at radius 1 is 0.781 bits per heavy atom. The molecule has 170 valence electrons. The lowest BCUT2D eigenvalue weighted by Gasteiger charge is -2.37. The molecule has 2 saturated heterocycles. The Bertz CT molecular complexity index is 894. The number of nitrogens with zero attached hydrogens (tertiary/aromatic N) is 2. The topological polar surface area (TPSA) is 32.8 Å². The second-order valence-electron chi connectivity index (χ2n) is 9.93. The SMILES string of the molecule is CC1CCCC1N1CCC(Oc2ccc(-c3ccc(C(=O)N4CCCC4)cc3)cc2)CC1. The number of piperidine rings is 1. The van der Waals surface area contributed by atoms with Crippen LogP contribution in [0.5, 0.6) is 5.75 Å². The first-order chi connectivity index (χ1) is 15.7. The van der Waals surface area contributed by atoms with Crippen molar-refractivity contribution in [3.8, 4) is 16.9 Å². The van der Waals surface area contributed by atoms with E-state index < -0.39 is 0 Å². The van der Waals surface area contributed by atoms with Crippen LogP contribution >= 0.6 is 0 Å². The third-order valence-corrected chi connectivity index (χ3v) is 7.78. The molecule has 2 atom stereocenters. The van der Waals surface area contributed by atoms with Gasteiger partial charge in [0.25, 0.3) is 5.91 Å². The molecule has 3 aliphatic rings. The molecule has 2 aromatic rings. The van der Waals surface area contributed by atoms with Crippen LogP contribution in [-0.4, -0.2) is 54.0 Å². The monoisotopic (exact) mass is 432 g/mol. The minimum atomic E-state index is 0.159. The maximum absolute atomic E-state index is 12.5. The summed E-state index contributed by atoms with van der Waals surface area (Å²) in [4.78, 5) is 17.2. The van der Waals surface area contributed by atoms with E-state index >= 15 is 0 Å². The van der Waals surface area contributed by atoms with Crippen LogP contribution in [0.15, 0.2) is 48.5 Å². The van der Waals surface area contributed by atoms with Crippen LogP contribution in [0.2, 0.25) is 0 Å². The van der Waals surface area contributed by atoms with Crippen molar-refractivity contribution >= 4 is 5.91 Å². The highest BCUT2D eigenvalue weighted by molar-refractivity contribution is 5.94. The molecule has 4 heteroatoms. The van der Waals surface area contributed by atoms with E-state index in [-0.39, 0.29) is 5.91 Å². The first-order valence-electron chi connectivity index (χ1n) is 12.6. The number of hydrogen-bond acceptors (Lipinski definition) is 3. The Hall–Kier alpha value is -2.33. The number of likely N-dealkylation sites (tertiary alicyclic amines) is 2. The van der Waals surface area contributed by atoms with Gasteiger partial charge in [0.1, 0.15) is 11.9 Å². The molecule has 2 heterocycles. The third-order valence-electron chi connectivity index (χ3n) is 7.78. The Labute approximate surface area is 192 Å². The van der Waals surface area contributed by atoms with E-state index in [2.05, 4.69) is 48.2 Å². The molecule has 2 unspecified atom stereocenters. The minimum Gasteiger partial charge on any atom is -0.490 e. The van der Waals surface area contributed by atoms with Crippen molar-refractivity contribution in [3.63, 3.8) is 0 Å². The molecule has 2 aliphatic heterocycles. The highest BCUT2D eigenvalue weighted by atomic mass is 16.5. The van der Waals surface area contributed by atoms with Gasteiger partial charge in [-0.3, -0.25) is 9.69 Å². The molecular formula is C28H36N2O2. The fraction of sp³-hybridized carbons (Fsp3) is 0.536. The highest BCUT2D eigenvalue weighted by Gasteiger charge is 2.32. The average molecular weight is 433 g/mol. The number of benzene rings is 2. The number of carbonyl (C=O) groups is 1. The molecule has 1 aliphatic carbocycles. The molecular weight excluding hydrogens is 396 g/mol. The lowest BCUT2D eigenvalue weighted by Crippen LogP contribution is -2.45. The molecule has 0 aromatic heterocycles. The van der Waals surface area contributed by atoms with Gasteiger partial charge in [0, 0.05) is 37.8 Å². The predicted octanol–water partition coefficient (Wildman–Crippen LogP) is 5.62. The molecule has 3 fully saturated rings. The summed E-state index contributed by atoms with van der Waals surface area (Å²) in [6.45, 7) is 6.53. The van der Waals surface area contributed by atoms with E-state index in [0.717, 1.165) is 73.2 Å². The smallest absolute Gasteiger partial charge is 0.253 e. The number of carbonyl (C=O) groups excluding carboxylic acids is 1. The van der Waals surface area contributed by atoms with Crippen molar-refractivity contribution in [2.45, 2.75) is 64.0 Å². The molecule has 0 spiro atoms. The first-order valence-corrected chi connectivity index (χ1v) is 12.6. The number of ether oxygens (including phenoxy) is 1. The van der Waals surface area contributed by atoms with Gasteiger partial charge in [-0.05, 0) is 79.8 Å². The first kappa shape index (κ1) is 21.5. The van der Waals surface area contributed by atoms with Gasteiger partial charge in [-0.2, -0.15) is 0 Å². The van der Waals surface area contributed by atoms with Crippen LogP contribution in [0.1, 0.15) is 62.2 Å². The molecule has 2 aromatic carbocycles. The second kappa shape index (κ2) is 9.66. The van der Waals surface area contributed by atoms with E-state index in [1.807, 2.05) is 17.0 Å². The standard InChI is InChI=1S/C28H36N2O2/c1-21-5-4-6-27(21)29-19-15-26(16-20-29)32-25-13-11-23(12-14-25)22-7-9-24(10-8-22)28(31)30-17-2-3-18-30/h7-14,21,26-27H,2-6,15-20H2,1H3. The van der Waals surface area contributed by atoms with Gasteiger partial charge in [-0.15, -0.1) is 0 Å². The van der Waals surface area contributed by atoms with Crippen LogP contribution in [0.3, 0.4) is 0 Å². The Kier molecular flexibility index (Phi) is 6.49. The largest absolute Gasteiger partial charge is 0.490 e. The molecule has 4 nitrogen and oxygen atoms in total. The van der Waals surface area contributed by atoms with Crippen molar-refractivity contribution in [3.05, 3.63) is 54.1 Å². The predicted molar refractivity (Wildman–Crippen MR) is 129 cm³/mol. The van der Waals surface area contributed by atoms with Gasteiger partial charge in [-0.1, -0.05) is 37.6 Å². The lowest BCUT2D eigenvalue weighted by atomic mass is 10.00. The molecule has 1 amide bonds. The summed E-state index contributed by atoms with van der Waals surface area (Å²) < 4.78 is 6.31. The van der Waals surface area contributed by atoms with Gasteiger partial charge < -0.3 is 9.64 Å². The quantitative estimate of drug-likeness (QED) is 0.615. The Morgan fingerprint density at radius 3 is 2.00 bits per heavy atom. The van der Waals surface area contributed by atoms with Crippen molar-refractivity contribution in [1.82, 2.24) is 9.80 Å². The second-order valence-corrected chi connectivity index (χ2v) is 9.93. The fourth-order valence-electron chi connectivity index (χ4n) is 5.82. The van der Waals surface area contributed by atoms with Crippen molar-refractivity contribution < 1.29 is 9.53 Å². The van der Waals surface area contributed by atoms with Crippen molar-refractivity contribution in [2.75, 3.05) is 26.2 Å². The zero-order valence-electron chi connectivity index (χ0n) is 19.3. The summed E-state index contributed by atoms with van der Waals surface area (Å²) in [5, 5.41) is 0.